The van der Waals surface area contributed by atoms with Crippen molar-refractivity contribution in [3.63, 3.8) is 0 Å². The maximum absolute atomic E-state index is 14.5. The smallest absolute Gasteiger partial charge is 0.260 e. The summed E-state index contributed by atoms with van der Waals surface area (Å²) in [6, 6.07) is 28.4. The minimum atomic E-state index is -0.965. The predicted octanol–water partition coefficient (Wildman–Crippen LogP) is 7.42. The minimum Gasteiger partial charge on any atom is -0.456 e. The molecule has 0 unspecified atom stereocenters. The third kappa shape index (κ3) is 3.82. The molecule has 2 aliphatic heterocycles. The summed E-state index contributed by atoms with van der Waals surface area (Å²) in [6.07, 6.45) is 6.02. The first-order valence-electron chi connectivity index (χ1n) is 14.5. The standard InChI is InChI=1S/C36H35N3O2/c1-6-25-15-11-14-18-32(25)39-35(40)28-16-12-13-17-29(28)36(39)30-21-19-26(37(7-2)8-3)23-33(30)41-34-24-27(20-22-31(34)36)38(9-4)10-5/h1,11-24H,7-10H2,2-5H3. The van der Waals surface area contributed by atoms with Crippen LogP contribution in [0.5, 0.6) is 11.5 Å². The Morgan fingerprint density at radius 3 is 1.83 bits per heavy atom. The summed E-state index contributed by atoms with van der Waals surface area (Å²) in [5.41, 5.74) is 6.00. The summed E-state index contributed by atoms with van der Waals surface area (Å²) >= 11 is 0. The van der Waals surface area contributed by atoms with Crippen molar-refractivity contribution >= 4 is 23.0 Å². The molecule has 5 heteroatoms. The van der Waals surface area contributed by atoms with Gasteiger partial charge in [-0.25, -0.2) is 0 Å². The van der Waals surface area contributed by atoms with Crippen LogP contribution in [0, 0.1) is 12.3 Å². The molecule has 4 aromatic carbocycles. The molecule has 2 heterocycles. The van der Waals surface area contributed by atoms with E-state index in [1.54, 1.807) is 0 Å². The van der Waals surface area contributed by atoms with Crippen molar-refractivity contribution in [3.8, 4) is 23.8 Å². The van der Waals surface area contributed by atoms with Gasteiger partial charge in [0.1, 0.15) is 17.0 Å². The quantitative estimate of drug-likeness (QED) is 0.228. The van der Waals surface area contributed by atoms with Crippen LogP contribution in [0.3, 0.4) is 0 Å². The van der Waals surface area contributed by atoms with Gasteiger partial charge in [0.15, 0.2) is 0 Å². The Morgan fingerprint density at radius 1 is 0.732 bits per heavy atom. The maximum atomic E-state index is 14.5. The van der Waals surface area contributed by atoms with Gasteiger partial charge in [0.05, 0.1) is 5.69 Å². The van der Waals surface area contributed by atoms with Crippen molar-refractivity contribution < 1.29 is 9.53 Å². The van der Waals surface area contributed by atoms with Crippen LogP contribution in [-0.2, 0) is 5.54 Å². The van der Waals surface area contributed by atoms with Gasteiger partial charge in [-0.05, 0) is 58.0 Å². The molecule has 1 spiro atoms. The highest BCUT2D eigenvalue weighted by Gasteiger charge is 2.57. The van der Waals surface area contributed by atoms with E-state index in [1.165, 1.54) is 0 Å². The van der Waals surface area contributed by atoms with Gasteiger partial charge in [-0.1, -0.05) is 48.4 Å². The van der Waals surface area contributed by atoms with Gasteiger partial charge in [0, 0.05) is 77.5 Å². The molecule has 1 amide bonds. The first kappa shape index (κ1) is 26.5. The van der Waals surface area contributed by atoms with Crippen LogP contribution in [0.15, 0.2) is 84.9 Å². The molecular formula is C36H35N3O2. The van der Waals surface area contributed by atoms with Crippen LogP contribution in [0.4, 0.5) is 17.1 Å². The molecule has 41 heavy (non-hydrogen) atoms. The number of carbonyl (C=O) groups is 1. The first-order valence-corrected chi connectivity index (χ1v) is 14.5. The van der Waals surface area contributed by atoms with E-state index >= 15 is 0 Å². The van der Waals surface area contributed by atoms with Gasteiger partial charge in [0.25, 0.3) is 5.91 Å². The lowest BCUT2D eigenvalue weighted by Gasteiger charge is -2.45. The van der Waals surface area contributed by atoms with Crippen LogP contribution in [0.2, 0.25) is 0 Å². The zero-order valence-corrected chi connectivity index (χ0v) is 24.1. The van der Waals surface area contributed by atoms with Crippen LogP contribution in [0.25, 0.3) is 0 Å². The fraction of sp³-hybridized carbons (Fsp3) is 0.250. The lowest BCUT2D eigenvalue weighted by molar-refractivity contribution is 0.0985. The molecule has 0 aromatic heterocycles. The van der Waals surface area contributed by atoms with Gasteiger partial charge >= 0.3 is 0 Å². The second-order valence-corrected chi connectivity index (χ2v) is 10.4. The highest BCUT2D eigenvalue weighted by Crippen LogP contribution is 2.59. The van der Waals surface area contributed by atoms with E-state index < -0.39 is 5.54 Å². The van der Waals surface area contributed by atoms with Crippen molar-refractivity contribution in [1.82, 2.24) is 0 Å². The number of hydrogen-bond donors (Lipinski definition) is 0. The summed E-state index contributed by atoms with van der Waals surface area (Å²) in [4.78, 5) is 21.0. The summed E-state index contributed by atoms with van der Waals surface area (Å²) in [5.74, 6) is 4.23. The molecule has 0 atom stereocenters. The average molecular weight is 542 g/mol. The van der Waals surface area contributed by atoms with Crippen molar-refractivity contribution in [2.75, 3.05) is 40.9 Å². The van der Waals surface area contributed by atoms with Crippen LogP contribution in [0.1, 0.15) is 60.3 Å². The van der Waals surface area contributed by atoms with E-state index in [-0.39, 0.29) is 5.91 Å². The first-order chi connectivity index (χ1) is 20.0. The number of para-hydroxylation sites is 1. The molecule has 0 fully saturated rings. The molecule has 0 bridgehead atoms. The molecule has 0 aliphatic carbocycles. The topological polar surface area (TPSA) is 36.0 Å². The Hall–Kier alpha value is -4.69. The number of nitrogens with zero attached hydrogens (tertiary/aromatic N) is 3. The molecule has 4 aromatic rings. The molecule has 0 saturated carbocycles. The average Bonchev–Trinajstić information content (AvgIpc) is 3.26. The summed E-state index contributed by atoms with van der Waals surface area (Å²) in [7, 11) is 0. The monoisotopic (exact) mass is 541 g/mol. The zero-order valence-electron chi connectivity index (χ0n) is 24.1. The fourth-order valence-electron chi connectivity index (χ4n) is 6.61. The van der Waals surface area contributed by atoms with E-state index in [4.69, 9.17) is 11.2 Å². The number of benzene rings is 4. The number of rotatable bonds is 7. The van der Waals surface area contributed by atoms with Gasteiger partial charge in [-0.2, -0.15) is 0 Å². The largest absolute Gasteiger partial charge is 0.456 e. The molecular weight excluding hydrogens is 506 g/mol. The highest BCUT2D eigenvalue weighted by atomic mass is 16.5. The van der Waals surface area contributed by atoms with Crippen molar-refractivity contribution in [3.05, 3.63) is 113 Å². The van der Waals surface area contributed by atoms with Crippen molar-refractivity contribution in [2.24, 2.45) is 0 Å². The number of fused-ring (bicyclic) bond motifs is 6. The van der Waals surface area contributed by atoms with E-state index in [0.29, 0.717) is 16.8 Å². The highest BCUT2D eigenvalue weighted by molar-refractivity contribution is 6.15. The minimum absolute atomic E-state index is 0.0808. The molecule has 2 aliphatic rings. The van der Waals surface area contributed by atoms with Gasteiger partial charge < -0.3 is 14.5 Å². The van der Waals surface area contributed by atoms with Crippen LogP contribution in [-0.4, -0.2) is 32.1 Å². The maximum Gasteiger partial charge on any atom is 0.260 e. The van der Waals surface area contributed by atoms with E-state index in [1.807, 2.05) is 47.4 Å². The van der Waals surface area contributed by atoms with Crippen molar-refractivity contribution in [2.45, 2.75) is 33.2 Å². The molecule has 5 nitrogen and oxygen atoms in total. The van der Waals surface area contributed by atoms with Crippen LogP contribution >= 0.6 is 0 Å². The summed E-state index contributed by atoms with van der Waals surface area (Å²) < 4.78 is 6.78. The Labute approximate surface area is 243 Å². The normalized spacial score (nSPS) is 14.1. The number of anilines is 3. The summed E-state index contributed by atoms with van der Waals surface area (Å²) in [5, 5.41) is 0. The van der Waals surface area contributed by atoms with Gasteiger partial charge in [-0.3, -0.25) is 9.69 Å². The predicted molar refractivity (Wildman–Crippen MR) is 168 cm³/mol. The Morgan fingerprint density at radius 2 is 1.27 bits per heavy atom. The fourth-order valence-corrected chi connectivity index (χ4v) is 6.61. The van der Waals surface area contributed by atoms with E-state index in [2.05, 4.69) is 85.9 Å². The second kappa shape index (κ2) is 10.4. The molecule has 6 rings (SSSR count). The van der Waals surface area contributed by atoms with Gasteiger partial charge in [0.2, 0.25) is 0 Å². The van der Waals surface area contributed by atoms with Crippen molar-refractivity contribution in [1.29, 1.82) is 0 Å². The number of carbonyl (C=O) groups excluding carboxylic acids is 1. The molecule has 0 saturated heterocycles. The SMILES string of the molecule is C#Cc1ccccc1N1C(=O)c2ccccc2C12c1ccc(N(CC)CC)cc1Oc1cc(N(CC)CC)ccc12. The summed E-state index contributed by atoms with van der Waals surface area (Å²) in [6.45, 7) is 12.1. The van der Waals surface area contributed by atoms with E-state index in [9.17, 15) is 4.79 Å². The molecule has 206 valence electrons. The third-order valence-electron chi connectivity index (χ3n) is 8.57. The third-order valence-corrected chi connectivity index (χ3v) is 8.57. The van der Waals surface area contributed by atoms with Gasteiger partial charge in [-0.15, -0.1) is 6.42 Å². The Bertz CT molecular complexity index is 1620. The van der Waals surface area contributed by atoms with E-state index in [0.717, 1.165) is 65.7 Å². The zero-order chi connectivity index (χ0) is 28.7. The Kier molecular flexibility index (Phi) is 6.71. The Balaban J connectivity index is 1.73. The van der Waals surface area contributed by atoms with Crippen LogP contribution < -0.4 is 19.4 Å². The number of hydrogen-bond acceptors (Lipinski definition) is 4. The number of amides is 1. The lowest BCUT2D eigenvalue weighted by atomic mass is 9.74. The second-order valence-electron chi connectivity index (χ2n) is 10.4. The molecule has 0 N–H and O–H groups in total. The molecule has 0 radical (unpaired) electrons. The lowest BCUT2D eigenvalue weighted by Crippen LogP contribution is -2.48. The number of ether oxygens (including phenoxy) is 1. The number of terminal acetylenes is 1.